The number of hydrogen-bond donors (Lipinski definition) is 1. The number of rotatable bonds is 6. The summed E-state index contributed by atoms with van der Waals surface area (Å²) < 4.78 is 5.85. The maximum atomic E-state index is 11.5. The maximum Gasteiger partial charge on any atom is 0.220 e. The summed E-state index contributed by atoms with van der Waals surface area (Å²) in [7, 11) is 0. The van der Waals surface area contributed by atoms with Crippen LogP contribution in [0.3, 0.4) is 0 Å². The fourth-order valence-corrected chi connectivity index (χ4v) is 2.68. The molecule has 1 aromatic rings. The highest BCUT2D eigenvalue weighted by atomic mass is 16.5. The summed E-state index contributed by atoms with van der Waals surface area (Å²) in [5, 5.41) is 2.90. The number of fused-ring (bicyclic) bond motifs is 1. The lowest BCUT2D eigenvalue weighted by Gasteiger charge is -2.19. The summed E-state index contributed by atoms with van der Waals surface area (Å²) in [4.78, 5) is 11.5. The van der Waals surface area contributed by atoms with Gasteiger partial charge in [-0.3, -0.25) is 4.79 Å². The zero-order valence-corrected chi connectivity index (χ0v) is 12.6. The molecule has 1 N–H and O–H groups in total. The second-order valence-electron chi connectivity index (χ2n) is 5.90. The molecule has 2 rings (SSSR count). The Labute approximate surface area is 121 Å². The summed E-state index contributed by atoms with van der Waals surface area (Å²) >= 11 is 0. The molecule has 3 nitrogen and oxygen atoms in total. The average Bonchev–Trinajstić information content (AvgIpc) is 2.43. The normalized spacial score (nSPS) is 13.9. The van der Waals surface area contributed by atoms with E-state index in [2.05, 4.69) is 17.4 Å². The first-order valence-electron chi connectivity index (χ1n) is 7.67. The summed E-state index contributed by atoms with van der Waals surface area (Å²) in [5.41, 5.74) is 2.80. The Morgan fingerprint density at radius 2 is 2.10 bits per heavy atom. The van der Waals surface area contributed by atoms with Gasteiger partial charge < -0.3 is 10.1 Å². The van der Waals surface area contributed by atoms with Crippen LogP contribution in [-0.4, -0.2) is 19.1 Å². The van der Waals surface area contributed by atoms with E-state index < -0.39 is 0 Å². The molecule has 0 atom stereocenters. The van der Waals surface area contributed by atoms with E-state index in [1.54, 1.807) is 0 Å². The second kappa shape index (κ2) is 7.32. The van der Waals surface area contributed by atoms with Crippen LogP contribution in [0.2, 0.25) is 0 Å². The number of benzene rings is 1. The highest BCUT2D eigenvalue weighted by Gasteiger charge is 2.13. The third-order valence-corrected chi connectivity index (χ3v) is 3.63. The quantitative estimate of drug-likeness (QED) is 0.810. The molecule has 0 saturated carbocycles. The van der Waals surface area contributed by atoms with Crippen LogP contribution in [0.5, 0.6) is 5.75 Å². The molecule has 1 aliphatic rings. The zero-order valence-electron chi connectivity index (χ0n) is 12.6. The molecule has 1 amide bonds. The van der Waals surface area contributed by atoms with Crippen molar-refractivity contribution in [2.75, 3.05) is 13.2 Å². The molecule has 0 unspecified atom stereocenters. The van der Waals surface area contributed by atoms with E-state index in [9.17, 15) is 4.79 Å². The number of carbonyl (C=O) groups excluding carboxylic acids is 1. The van der Waals surface area contributed by atoms with Gasteiger partial charge >= 0.3 is 0 Å². The minimum absolute atomic E-state index is 0.110. The number of carbonyl (C=O) groups is 1. The Bertz CT molecular complexity index is 454. The van der Waals surface area contributed by atoms with Crippen LogP contribution in [0.25, 0.3) is 0 Å². The fraction of sp³-hybridized carbons (Fsp3) is 0.588. The molecule has 110 valence electrons. The summed E-state index contributed by atoms with van der Waals surface area (Å²) in [6.45, 7) is 5.22. The predicted molar refractivity (Wildman–Crippen MR) is 81.0 cm³/mol. The van der Waals surface area contributed by atoms with Gasteiger partial charge in [0.05, 0.1) is 6.54 Å². The number of hydrogen-bond acceptors (Lipinski definition) is 2. The van der Waals surface area contributed by atoms with Gasteiger partial charge in [0.15, 0.2) is 0 Å². The van der Waals surface area contributed by atoms with Gasteiger partial charge in [-0.2, -0.15) is 0 Å². The summed E-state index contributed by atoms with van der Waals surface area (Å²) in [6.07, 6.45) is 5.39. The van der Waals surface area contributed by atoms with Crippen molar-refractivity contribution in [2.45, 2.75) is 46.0 Å². The highest BCUT2D eigenvalue weighted by Crippen LogP contribution is 2.29. The van der Waals surface area contributed by atoms with Crippen LogP contribution >= 0.6 is 0 Å². The van der Waals surface area contributed by atoms with Gasteiger partial charge in [0.2, 0.25) is 5.91 Å². The largest absolute Gasteiger partial charge is 0.491 e. The van der Waals surface area contributed by atoms with Crippen molar-refractivity contribution in [3.63, 3.8) is 0 Å². The minimum Gasteiger partial charge on any atom is -0.491 e. The van der Waals surface area contributed by atoms with Gasteiger partial charge in [0.1, 0.15) is 12.4 Å². The topological polar surface area (TPSA) is 38.3 Å². The van der Waals surface area contributed by atoms with Crippen molar-refractivity contribution in [1.29, 1.82) is 0 Å². The molecule has 0 aromatic heterocycles. The van der Waals surface area contributed by atoms with Crippen LogP contribution in [-0.2, 0) is 17.6 Å². The van der Waals surface area contributed by atoms with E-state index in [0.29, 0.717) is 25.5 Å². The van der Waals surface area contributed by atoms with Crippen LogP contribution in [0.4, 0.5) is 0 Å². The monoisotopic (exact) mass is 275 g/mol. The summed E-state index contributed by atoms with van der Waals surface area (Å²) in [5.74, 6) is 1.51. The van der Waals surface area contributed by atoms with Crippen LogP contribution in [0.15, 0.2) is 18.2 Å². The fourth-order valence-electron chi connectivity index (χ4n) is 2.68. The predicted octanol–water partition coefficient (Wildman–Crippen LogP) is 3.11. The van der Waals surface area contributed by atoms with Gasteiger partial charge in [-0.25, -0.2) is 0 Å². The summed E-state index contributed by atoms with van der Waals surface area (Å²) in [6, 6.07) is 6.31. The molecular formula is C17H25NO2. The van der Waals surface area contributed by atoms with Crippen molar-refractivity contribution in [1.82, 2.24) is 5.32 Å². The first-order valence-corrected chi connectivity index (χ1v) is 7.67. The van der Waals surface area contributed by atoms with E-state index in [0.717, 1.165) is 18.6 Å². The van der Waals surface area contributed by atoms with Gasteiger partial charge in [-0.1, -0.05) is 26.0 Å². The molecule has 0 radical (unpaired) electrons. The molecule has 0 heterocycles. The molecule has 0 bridgehead atoms. The average molecular weight is 275 g/mol. The molecule has 0 saturated heterocycles. The number of amides is 1. The molecule has 1 aliphatic carbocycles. The Morgan fingerprint density at radius 3 is 2.90 bits per heavy atom. The number of ether oxygens (including phenoxy) is 1. The molecule has 20 heavy (non-hydrogen) atoms. The van der Waals surface area contributed by atoms with Crippen molar-refractivity contribution in [3.8, 4) is 5.75 Å². The first kappa shape index (κ1) is 14.9. The molecule has 0 aliphatic heterocycles. The lowest BCUT2D eigenvalue weighted by Crippen LogP contribution is -2.29. The van der Waals surface area contributed by atoms with Gasteiger partial charge in [-0.05, 0) is 48.8 Å². The van der Waals surface area contributed by atoms with Crippen LogP contribution < -0.4 is 10.1 Å². The van der Waals surface area contributed by atoms with Gasteiger partial charge in [0, 0.05) is 6.42 Å². The first-order chi connectivity index (χ1) is 9.66. The van der Waals surface area contributed by atoms with Gasteiger partial charge in [-0.15, -0.1) is 0 Å². The second-order valence-corrected chi connectivity index (χ2v) is 5.90. The standard InChI is InChI=1S/C17H25NO2/c1-13(2)12-17(19)18-10-11-20-16-9-5-7-14-6-3-4-8-15(14)16/h5,7,9,13H,3-4,6,8,10-12H2,1-2H3,(H,18,19). The van der Waals surface area contributed by atoms with Crippen molar-refractivity contribution >= 4 is 5.91 Å². The van der Waals surface area contributed by atoms with E-state index >= 15 is 0 Å². The van der Waals surface area contributed by atoms with Crippen LogP contribution in [0.1, 0.15) is 44.2 Å². The van der Waals surface area contributed by atoms with Gasteiger partial charge in [0.25, 0.3) is 0 Å². The molecular weight excluding hydrogens is 250 g/mol. The Kier molecular flexibility index (Phi) is 5.45. The highest BCUT2D eigenvalue weighted by molar-refractivity contribution is 5.75. The Morgan fingerprint density at radius 1 is 1.30 bits per heavy atom. The molecule has 1 aromatic carbocycles. The smallest absolute Gasteiger partial charge is 0.220 e. The Hall–Kier alpha value is -1.51. The van der Waals surface area contributed by atoms with Crippen molar-refractivity contribution < 1.29 is 9.53 Å². The maximum absolute atomic E-state index is 11.5. The SMILES string of the molecule is CC(C)CC(=O)NCCOc1cccc2c1CCCC2. The Balaban J connectivity index is 1.79. The van der Waals surface area contributed by atoms with E-state index in [1.165, 1.54) is 24.0 Å². The molecule has 3 heteroatoms. The van der Waals surface area contributed by atoms with Crippen LogP contribution in [0, 0.1) is 5.92 Å². The molecule has 0 spiro atoms. The van der Waals surface area contributed by atoms with E-state index in [4.69, 9.17) is 4.74 Å². The lowest BCUT2D eigenvalue weighted by atomic mass is 9.91. The number of aryl methyl sites for hydroxylation is 1. The minimum atomic E-state index is 0.110. The third kappa shape index (κ3) is 4.26. The van der Waals surface area contributed by atoms with E-state index in [1.807, 2.05) is 19.9 Å². The number of nitrogens with one attached hydrogen (secondary N) is 1. The third-order valence-electron chi connectivity index (χ3n) is 3.63. The van der Waals surface area contributed by atoms with Crippen molar-refractivity contribution in [2.24, 2.45) is 5.92 Å². The van der Waals surface area contributed by atoms with Crippen molar-refractivity contribution in [3.05, 3.63) is 29.3 Å². The zero-order chi connectivity index (χ0) is 14.4. The molecule has 0 fully saturated rings. The van der Waals surface area contributed by atoms with E-state index in [-0.39, 0.29) is 5.91 Å². The lowest BCUT2D eigenvalue weighted by molar-refractivity contribution is -0.121.